The molecule has 0 aromatic heterocycles. The summed E-state index contributed by atoms with van der Waals surface area (Å²) in [5.74, 6) is -0.521. The third-order valence-corrected chi connectivity index (χ3v) is 3.77. The fraction of sp³-hybridized carbons (Fsp3) is 0.917. The Morgan fingerprint density at radius 1 is 1.60 bits per heavy atom. The molecule has 1 fully saturated rings. The van der Waals surface area contributed by atoms with Crippen LogP contribution in [0.4, 0.5) is 0 Å². The van der Waals surface area contributed by atoms with Gasteiger partial charge in [-0.1, -0.05) is 13.8 Å². The smallest absolute Gasteiger partial charge is 0.309 e. The molecule has 1 N–H and O–H groups in total. The van der Waals surface area contributed by atoms with Crippen LogP contribution in [-0.2, 0) is 9.53 Å². The van der Waals surface area contributed by atoms with E-state index in [1.165, 1.54) is 0 Å². The first-order chi connectivity index (χ1) is 6.97. The van der Waals surface area contributed by atoms with Crippen molar-refractivity contribution in [1.82, 2.24) is 0 Å². The van der Waals surface area contributed by atoms with E-state index in [4.69, 9.17) is 4.74 Å². The molecule has 0 aromatic carbocycles. The van der Waals surface area contributed by atoms with Gasteiger partial charge in [0.1, 0.15) is 0 Å². The van der Waals surface area contributed by atoms with Crippen LogP contribution in [-0.4, -0.2) is 23.8 Å². The van der Waals surface area contributed by atoms with Crippen LogP contribution in [0.1, 0.15) is 46.5 Å². The zero-order valence-corrected chi connectivity index (χ0v) is 9.95. The van der Waals surface area contributed by atoms with E-state index in [0.29, 0.717) is 12.5 Å². The third kappa shape index (κ3) is 2.94. The van der Waals surface area contributed by atoms with E-state index in [-0.39, 0.29) is 5.92 Å². The number of hydrogen-bond acceptors (Lipinski definition) is 2. The van der Waals surface area contributed by atoms with E-state index in [1.807, 2.05) is 20.8 Å². The van der Waals surface area contributed by atoms with Gasteiger partial charge in [-0.15, -0.1) is 0 Å². The van der Waals surface area contributed by atoms with E-state index in [9.17, 15) is 9.90 Å². The zero-order chi connectivity index (χ0) is 11.5. The Morgan fingerprint density at radius 2 is 2.27 bits per heavy atom. The van der Waals surface area contributed by atoms with E-state index in [0.717, 1.165) is 25.9 Å². The second-order valence-corrected chi connectivity index (χ2v) is 5.05. The highest BCUT2D eigenvalue weighted by atomic mass is 16.5. The van der Waals surface area contributed by atoms with Gasteiger partial charge in [0.05, 0.1) is 11.5 Å². The van der Waals surface area contributed by atoms with Crippen LogP contribution in [0.3, 0.4) is 0 Å². The Balaban J connectivity index is 2.47. The summed E-state index contributed by atoms with van der Waals surface area (Å²) in [4.78, 5) is 11.2. The number of rotatable bonds is 5. The van der Waals surface area contributed by atoms with Gasteiger partial charge < -0.3 is 9.84 Å². The monoisotopic (exact) mass is 214 g/mol. The first-order valence-electron chi connectivity index (χ1n) is 5.82. The quantitative estimate of drug-likeness (QED) is 0.765. The summed E-state index contributed by atoms with van der Waals surface area (Å²) < 4.78 is 5.51. The SMILES string of the molecule is CC(C)C(C)(CCC1CCCO1)C(=O)O. The predicted molar refractivity (Wildman–Crippen MR) is 58.8 cm³/mol. The van der Waals surface area contributed by atoms with Gasteiger partial charge in [-0.25, -0.2) is 0 Å². The van der Waals surface area contributed by atoms with Crippen LogP contribution in [0.5, 0.6) is 0 Å². The molecule has 0 amide bonds. The average molecular weight is 214 g/mol. The first kappa shape index (κ1) is 12.5. The molecule has 1 aliphatic rings. The van der Waals surface area contributed by atoms with Crippen LogP contribution in [0, 0.1) is 11.3 Å². The van der Waals surface area contributed by atoms with E-state index >= 15 is 0 Å². The summed E-state index contributed by atoms with van der Waals surface area (Å²) in [6, 6.07) is 0. The fourth-order valence-corrected chi connectivity index (χ4v) is 1.98. The molecule has 2 unspecified atom stereocenters. The maximum absolute atomic E-state index is 11.2. The van der Waals surface area contributed by atoms with Gasteiger partial charge in [-0.05, 0) is 38.5 Å². The lowest BCUT2D eigenvalue weighted by molar-refractivity contribution is -0.151. The summed E-state index contributed by atoms with van der Waals surface area (Å²) >= 11 is 0. The van der Waals surface area contributed by atoms with Gasteiger partial charge >= 0.3 is 5.97 Å². The molecule has 1 heterocycles. The second kappa shape index (κ2) is 4.97. The van der Waals surface area contributed by atoms with Gasteiger partial charge in [-0.2, -0.15) is 0 Å². The van der Waals surface area contributed by atoms with Gasteiger partial charge in [0, 0.05) is 6.61 Å². The number of carbonyl (C=O) groups is 1. The molecule has 15 heavy (non-hydrogen) atoms. The summed E-state index contributed by atoms with van der Waals surface area (Å²) in [6.07, 6.45) is 4.10. The molecule has 0 bridgehead atoms. The summed E-state index contributed by atoms with van der Waals surface area (Å²) in [5, 5.41) is 9.24. The molecule has 0 aliphatic carbocycles. The van der Waals surface area contributed by atoms with Crippen molar-refractivity contribution in [2.45, 2.75) is 52.6 Å². The highest BCUT2D eigenvalue weighted by Gasteiger charge is 2.37. The number of carboxylic acids is 1. The largest absolute Gasteiger partial charge is 0.481 e. The number of aliphatic carboxylic acids is 1. The predicted octanol–water partition coefficient (Wildman–Crippen LogP) is 2.69. The lowest BCUT2D eigenvalue weighted by Crippen LogP contribution is -2.34. The van der Waals surface area contributed by atoms with Crippen LogP contribution in [0.2, 0.25) is 0 Å². The minimum absolute atomic E-state index is 0.163. The molecule has 2 atom stereocenters. The molecule has 88 valence electrons. The van der Waals surface area contributed by atoms with Crippen LogP contribution >= 0.6 is 0 Å². The van der Waals surface area contributed by atoms with Gasteiger partial charge in [0.15, 0.2) is 0 Å². The molecule has 0 radical (unpaired) electrons. The Hall–Kier alpha value is -0.570. The molecule has 0 aromatic rings. The molecule has 1 aliphatic heterocycles. The highest BCUT2D eigenvalue weighted by Crippen LogP contribution is 2.34. The minimum atomic E-state index is -0.685. The topological polar surface area (TPSA) is 46.5 Å². The maximum atomic E-state index is 11.2. The molecule has 3 nitrogen and oxygen atoms in total. The molecule has 0 spiro atoms. The lowest BCUT2D eigenvalue weighted by atomic mass is 9.75. The Morgan fingerprint density at radius 3 is 2.67 bits per heavy atom. The Labute approximate surface area is 91.8 Å². The standard InChI is InChI=1S/C12H22O3/c1-9(2)12(3,11(13)14)7-6-10-5-4-8-15-10/h9-10H,4-8H2,1-3H3,(H,13,14). The van der Waals surface area contributed by atoms with Crippen molar-refractivity contribution < 1.29 is 14.6 Å². The van der Waals surface area contributed by atoms with E-state index < -0.39 is 11.4 Å². The molecular formula is C12H22O3. The highest BCUT2D eigenvalue weighted by molar-refractivity contribution is 5.74. The van der Waals surface area contributed by atoms with Gasteiger partial charge in [-0.3, -0.25) is 4.79 Å². The summed E-state index contributed by atoms with van der Waals surface area (Å²) in [6.45, 7) is 6.64. The fourth-order valence-electron chi connectivity index (χ4n) is 1.98. The maximum Gasteiger partial charge on any atom is 0.309 e. The van der Waals surface area contributed by atoms with Crippen molar-refractivity contribution in [3.05, 3.63) is 0 Å². The van der Waals surface area contributed by atoms with E-state index in [2.05, 4.69) is 0 Å². The minimum Gasteiger partial charge on any atom is -0.481 e. The van der Waals surface area contributed by atoms with Crippen molar-refractivity contribution in [1.29, 1.82) is 0 Å². The molecular weight excluding hydrogens is 192 g/mol. The summed E-state index contributed by atoms with van der Waals surface area (Å²) in [5.41, 5.74) is -0.605. The summed E-state index contributed by atoms with van der Waals surface area (Å²) in [7, 11) is 0. The average Bonchev–Trinajstić information content (AvgIpc) is 2.65. The van der Waals surface area contributed by atoms with Gasteiger partial charge in [0.2, 0.25) is 0 Å². The second-order valence-electron chi connectivity index (χ2n) is 5.05. The molecule has 1 saturated heterocycles. The third-order valence-electron chi connectivity index (χ3n) is 3.77. The van der Waals surface area contributed by atoms with Crippen LogP contribution < -0.4 is 0 Å². The number of hydrogen-bond donors (Lipinski definition) is 1. The number of carboxylic acid groups (broad SMARTS) is 1. The molecule has 3 heteroatoms. The zero-order valence-electron chi connectivity index (χ0n) is 9.95. The van der Waals surface area contributed by atoms with Crippen molar-refractivity contribution in [3.63, 3.8) is 0 Å². The van der Waals surface area contributed by atoms with Crippen molar-refractivity contribution in [3.8, 4) is 0 Å². The van der Waals surface area contributed by atoms with Crippen LogP contribution in [0.25, 0.3) is 0 Å². The van der Waals surface area contributed by atoms with Gasteiger partial charge in [0.25, 0.3) is 0 Å². The molecule has 1 rings (SSSR count). The van der Waals surface area contributed by atoms with Crippen molar-refractivity contribution in [2.24, 2.45) is 11.3 Å². The van der Waals surface area contributed by atoms with E-state index in [1.54, 1.807) is 0 Å². The Kier molecular flexibility index (Phi) is 4.14. The normalized spacial score (nSPS) is 25.5. The lowest BCUT2D eigenvalue weighted by Gasteiger charge is -2.29. The number of ether oxygens (including phenoxy) is 1. The van der Waals surface area contributed by atoms with Crippen LogP contribution in [0.15, 0.2) is 0 Å². The van der Waals surface area contributed by atoms with Crippen molar-refractivity contribution in [2.75, 3.05) is 6.61 Å². The van der Waals surface area contributed by atoms with Crippen molar-refractivity contribution >= 4 is 5.97 Å². The Bertz CT molecular complexity index is 219. The first-order valence-corrected chi connectivity index (χ1v) is 5.82. The molecule has 0 saturated carbocycles.